The van der Waals surface area contributed by atoms with Crippen LogP contribution in [-0.4, -0.2) is 12.5 Å². The van der Waals surface area contributed by atoms with Gasteiger partial charge < -0.3 is 10.1 Å². The largest absolute Gasteiger partial charge is 0.484 e. The zero-order valence-corrected chi connectivity index (χ0v) is 12.0. The summed E-state index contributed by atoms with van der Waals surface area (Å²) in [6, 6.07) is 14.7. The number of benzene rings is 2. The zero-order valence-electron chi connectivity index (χ0n) is 11.2. The molecule has 3 nitrogen and oxygen atoms in total. The van der Waals surface area contributed by atoms with E-state index in [2.05, 4.69) is 5.32 Å². The first-order valence-electron chi connectivity index (χ1n) is 6.45. The maximum atomic E-state index is 11.7. The van der Waals surface area contributed by atoms with Gasteiger partial charge in [-0.1, -0.05) is 36.7 Å². The summed E-state index contributed by atoms with van der Waals surface area (Å²) in [5.74, 6) is 0.457. The van der Waals surface area contributed by atoms with Gasteiger partial charge in [0, 0.05) is 10.7 Å². The SMILES string of the molecule is CCc1cc(OCC(=O)Nc2ccccc2)ccc1Cl. The molecule has 0 saturated carbocycles. The van der Waals surface area contributed by atoms with E-state index in [1.54, 1.807) is 12.1 Å². The minimum Gasteiger partial charge on any atom is -0.484 e. The summed E-state index contributed by atoms with van der Waals surface area (Å²) in [7, 11) is 0. The zero-order chi connectivity index (χ0) is 14.4. The summed E-state index contributed by atoms with van der Waals surface area (Å²) >= 11 is 6.03. The molecule has 0 spiro atoms. The number of hydrogen-bond donors (Lipinski definition) is 1. The Labute approximate surface area is 123 Å². The summed E-state index contributed by atoms with van der Waals surface area (Å²) < 4.78 is 5.47. The molecule has 0 heterocycles. The lowest BCUT2D eigenvalue weighted by Gasteiger charge is -2.09. The highest BCUT2D eigenvalue weighted by molar-refractivity contribution is 6.31. The topological polar surface area (TPSA) is 38.3 Å². The number of carbonyl (C=O) groups excluding carboxylic acids is 1. The first kappa shape index (κ1) is 14.4. The third kappa shape index (κ3) is 4.00. The average molecular weight is 290 g/mol. The maximum Gasteiger partial charge on any atom is 0.262 e. The molecule has 2 rings (SSSR count). The van der Waals surface area contributed by atoms with E-state index in [-0.39, 0.29) is 12.5 Å². The van der Waals surface area contributed by atoms with E-state index in [0.717, 1.165) is 17.7 Å². The summed E-state index contributed by atoms with van der Waals surface area (Å²) in [6.45, 7) is 1.99. The van der Waals surface area contributed by atoms with Gasteiger partial charge in [-0.25, -0.2) is 0 Å². The monoisotopic (exact) mass is 289 g/mol. The molecule has 0 fully saturated rings. The summed E-state index contributed by atoms with van der Waals surface area (Å²) in [6.07, 6.45) is 0.826. The van der Waals surface area contributed by atoms with Gasteiger partial charge in [-0.05, 0) is 42.3 Å². The minimum absolute atomic E-state index is 0.0281. The Morgan fingerprint density at radius 3 is 2.65 bits per heavy atom. The minimum atomic E-state index is -0.191. The van der Waals surface area contributed by atoms with Crippen LogP contribution in [0.5, 0.6) is 5.75 Å². The second-order valence-corrected chi connectivity index (χ2v) is 4.72. The van der Waals surface area contributed by atoms with Gasteiger partial charge in [-0.15, -0.1) is 0 Å². The fraction of sp³-hybridized carbons (Fsp3) is 0.188. The molecule has 0 aromatic heterocycles. The Morgan fingerprint density at radius 1 is 1.20 bits per heavy atom. The lowest BCUT2D eigenvalue weighted by atomic mass is 10.1. The van der Waals surface area contributed by atoms with E-state index in [4.69, 9.17) is 16.3 Å². The van der Waals surface area contributed by atoms with Crippen LogP contribution in [0, 0.1) is 0 Å². The third-order valence-electron chi connectivity index (χ3n) is 2.83. The molecule has 0 atom stereocenters. The van der Waals surface area contributed by atoms with Gasteiger partial charge in [0.1, 0.15) is 5.75 Å². The molecule has 4 heteroatoms. The number of hydrogen-bond acceptors (Lipinski definition) is 2. The summed E-state index contributed by atoms with van der Waals surface area (Å²) in [5.41, 5.74) is 1.76. The van der Waals surface area contributed by atoms with E-state index in [9.17, 15) is 4.79 Å². The molecule has 20 heavy (non-hydrogen) atoms. The van der Waals surface area contributed by atoms with E-state index >= 15 is 0 Å². The molecule has 0 aliphatic rings. The molecule has 0 bridgehead atoms. The van der Waals surface area contributed by atoms with Crippen LogP contribution in [0.25, 0.3) is 0 Å². The van der Waals surface area contributed by atoms with Crippen LogP contribution in [0.4, 0.5) is 5.69 Å². The molecular formula is C16H16ClNO2. The normalized spacial score (nSPS) is 10.1. The van der Waals surface area contributed by atoms with Gasteiger partial charge in [-0.3, -0.25) is 4.79 Å². The number of rotatable bonds is 5. The molecule has 0 unspecified atom stereocenters. The van der Waals surface area contributed by atoms with Crippen molar-refractivity contribution in [1.82, 2.24) is 0 Å². The molecule has 2 aromatic rings. The van der Waals surface area contributed by atoms with Crippen molar-refractivity contribution in [3.8, 4) is 5.75 Å². The first-order chi connectivity index (χ1) is 9.69. The van der Waals surface area contributed by atoms with E-state index < -0.39 is 0 Å². The Morgan fingerprint density at radius 2 is 1.95 bits per heavy atom. The van der Waals surface area contributed by atoms with Gasteiger partial charge in [-0.2, -0.15) is 0 Å². The van der Waals surface area contributed by atoms with Crippen molar-refractivity contribution in [3.63, 3.8) is 0 Å². The van der Waals surface area contributed by atoms with E-state index in [1.165, 1.54) is 0 Å². The summed E-state index contributed by atoms with van der Waals surface area (Å²) in [5, 5.41) is 3.48. The first-order valence-corrected chi connectivity index (χ1v) is 6.83. The van der Waals surface area contributed by atoms with Crippen molar-refractivity contribution >= 4 is 23.2 Å². The van der Waals surface area contributed by atoms with Crippen LogP contribution < -0.4 is 10.1 Å². The third-order valence-corrected chi connectivity index (χ3v) is 3.19. The molecule has 104 valence electrons. The molecule has 1 N–H and O–H groups in total. The van der Waals surface area contributed by atoms with Crippen LogP contribution in [0.2, 0.25) is 5.02 Å². The Balaban J connectivity index is 1.90. The number of carbonyl (C=O) groups is 1. The van der Waals surface area contributed by atoms with Crippen LogP contribution in [0.3, 0.4) is 0 Å². The van der Waals surface area contributed by atoms with Crippen molar-refractivity contribution in [2.45, 2.75) is 13.3 Å². The molecule has 0 saturated heterocycles. The maximum absolute atomic E-state index is 11.7. The number of halogens is 1. The van der Waals surface area contributed by atoms with Crippen molar-refractivity contribution in [2.75, 3.05) is 11.9 Å². The molecule has 1 amide bonds. The number of ether oxygens (including phenoxy) is 1. The highest BCUT2D eigenvalue weighted by Gasteiger charge is 2.05. The fourth-order valence-electron chi connectivity index (χ4n) is 1.78. The summed E-state index contributed by atoms with van der Waals surface area (Å²) in [4.78, 5) is 11.7. The quantitative estimate of drug-likeness (QED) is 0.906. The van der Waals surface area contributed by atoms with E-state index in [0.29, 0.717) is 10.8 Å². The predicted molar refractivity (Wildman–Crippen MR) is 81.4 cm³/mol. The standard InChI is InChI=1S/C16H16ClNO2/c1-2-12-10-14(8-9-15(12)17)20-11-16(19)18-13-6-4-3-5-7-13/h3-10H,2,11H2,1H3,(H,18,19). The highest BCUT2D eigenvalue weighted by Crippen LogP contribution is 2.22. The van der Waals surface area contributed by atoms with Crippen LogP contribution in [-0.2, 0) is 11.2 Å². The number of aryl methyl sites for hydroxylation is 1. The lowest BCUT2D eigenvalue weighted by Crippen LogP contribution is -2.20. The van der Waals surface area contributed by atoms with Crippen molar-refractivity contribution in [1.29, 1.82) is 0 Å². The molecule has 2 aromatic carbocycles. The van der Waals surface area contributed by atoms with Gasteiger partial charge >= 0.3 is 0 Å². The van der Waals surface area contributed by atoms with Crippen molar-refractivity contribution in [2.24, 2.45) is 0 Å². The second-order valence-electron chi connectivity index (χ2n) is 4.31. The number of amides is 1. The Kier molecular flexibility index (Phi) is 5.02. The van der Waals surface area contributed by atoms with Crippen LogP contribution >= 0.6 is 11.6 Å². The lowest BCUT2D eigenvalue weighted by molar-refractivity contribution is -0.118. The number of para-hydroxylation sites is 1. The Hall–Kier alpha value is -2.00. The van der Waals surface area contributed by atoms with Crippen LogP contribution in [0.15, 0.2) is 48.5 Å². The molecule has 0 aliphatic heterocycles. The molecule has 0 aliphatic carbocycles. The van der Waals surface area contributed by atoms with Gasteiger partial charge in [0.2, 0.25) is 0 Å². The second kappa shape index (κ2) is 6.96. The van der Waals surface area contributed by atoms with Crippen LogP contribution in [0.1, 0.15) is 12.5 Å². The predicted octanol–water partition coefficient (Wildman–Crippen LogP) is 3.92. The smallest absolute Gasteiger partial charge is 0.262 e. The Bertz CT molecular complexity index is 584. The van der Waals surface area contributed by atoms with Gasteiger partial charge in [0.25, 0.3) is 5.91 Å². The van der Waals surface area contributed by atoms with Gasteiger partial charge in [0.15, 0.2) is 6.61 Å². The molecule has 0 radical (unpaired) electrons. The number of anilines is 1. The average Bonchev–Trinajstić information content (AvgIpc) is 2.47. The fourth-order valence-corrected chi connectivity index (χ4v) is 2.03. The van der Waals surface area contributed by atoms with Crippen molar-refractivity contribution in [3.05, 3.63) is 59.1 Å². The van der Waals surface area contributed by atoms with E-state index in [1.807, 2.05) is 43.3 Å². The van der Waals surface area contributed by atoms with Gasteiger partial charge in [0.05, 0.1) is 0 Å². The highest BCUT2D eigenvalue weighted by atomic mass is 35.5. The number of nitrogens with one attached hydrogen (secondary N) is 1. The van der Waals surface area contributed by atoms with Crippen molar-refractivity contribution < 1.29 is 9.53 Å². The molecular weight excluding hydrogens is 274 g/mol.